The molecule has 2 rings (SSSR count). The quantitative estimate of drug-likeness (QED) is 0.734. The van der Waals surface area contributed by atoms with Crippen molar-refractivity contribution in [2.45, 2.75) is 44.6 Å². The van der Waals surface area contributed by atoms with Gasteiger partial charge in [-0.25, -0.2) is 9.59 Å². The summed E-state index contributed by atoms with van der Waals surface area (Å²) in [6.45, 7) is -0.436. The molecule has 0 heterocycles. The fraction of sp³-hybridized carbons (Fsp3) is 0.769. The van der Waals surface area contributed by atoms with Crippen LogP contribution in [0.25, 0.3) is 0 Å². The van der Waals surface area contributed by atoms with E-state index in [0.29, 0.717) is 32.6 Å². The van der Waals surface area contributed by atoms with Crippen molar-refractivity contribution in [3.63, 3.8) is 0 Å². The molecule has 0 aromatic rings. The number of carbonyl (C=O) groups excluding carboxylic acids is 3. The van der Waals surface area contributed by atoms with Crippen molar-refractivity contribution in [3.05, 3.63) is 0 Å². The third-order valence-corrected chi connectivity index (χ3v) is 3.79. The lowest BCUT2D eigenvalue weighted by Gasteiger charge is -2.27. The van der Waals surface area contributed by atoms with Crippen molar-refractivity contribution in [1.29, 1.82) is 0 Å². The van der Waals surface area contributed by atoms with Crippen LogP contribution >= 0.6 is 0 Å². The molecular formula is C13H16F2O5. The molecule has 112 valence electrons. The average Bonchev–Trinajstić information content (AvgIpc) is 2.65. The zero-order valence-corrected chi connectivity index (χ0v) is 11.1. The second-order valence-corrected chi connectivity index (χ2v) is 5.43. The van der Waals surface area contributed by atoms with Crippen LogP contribution in [-0.4, -0.2) is 36.4 Å². The lowest BCUT2D eigenvalue weighted by atomic mass is 9.87. The summed E-state index contributed by atoms with van der Waals surface area (Å²) >= 11 is 0. The van der Waals surface area contributed by atoms with Crippen molar-refractivity contribution in [1.82, 2.24) is 0 Å². The molecule has 2 aliphatic carbocycles. The minimum atomic E-state index is -3.63. The van der Waals surface area contributed by atoms with Gasteiger partial charge in [0.25, 0.3) is 0 Å². The van der Waals surface area contributed by atoms with E-state index >= 15 is 0 Å². The van der Waals surface area contributed by atoms with Crippen LogP contribution in [-0.2, 0) is 23.9 Å². The summed E-state index contributed by atoms with van der Waals surface area (Å²) < 4.78 is 34.4. The van der Waals surface area contributed by atoms with Gasteiger partial charge in [0.2, 0.25) is 0 Å². The molecule has 0 radical (unpaired) electrons. The van der Waals surface area contributed by atoms with Crippen molar-refractivity contribution in [2.24, 2.45) is 11.8 Å². The van der Waals surface area contributed by atoms with E-state index in [2.05, 4.69) is 4.74 Å². The Morgan fingerprint density at radius 2 is 2.05 bits per heavy atom. The lowest BCUT2D eigenvalue weighted by Crippen LogP contribution is -2.33. The highest BCUT2D eigenvalue weighted by Crippen LogP contribution is 2.41. The van der Waals surface area contributed by atoms with Crippen LogP contribution < -0.4 is 0 Å². The number of carbonyl (C=O) groups is 3. The third-order valence-electron chi connectivity index (χ3n) is 3.79. The summed E-state index contributed by atoms with van der Waals surface area (Å²) in [7, 11) is 0. The number of alkyl halides is 2. The fourth-order valence-corrected chi connectivity index (χ4v) is 2.78. The Kier molecular flexibility index (Phi) is 4.06. The summed E-state index contributed by atoms with van der Waals surface area (Å²) in [4.78, 5) is 33.8. The number of ketones is 1. The number of halogens is 2. The first-order chi connectivity index (χ1) is 9.27. The first-order valence-corrected chi connectivity index (χ1v) is 6.54. The largest absolute Gasteiger partial charge is 0.460 e. The SMILES string of the molecule is CC(F)(F)C(=O)OCC(=O)OC1CCC2CC1CC2=O. The smallest absolute Gasteiger partial charge is 0.377 e. The molecule has 0 amide bonds. The minimum Gasteiger partial charge on any atom is -0.460 e. The minimum absolute atomic E-state index is 0.00789. The number of Topliss-reactive ketones (excluding diaryl/α,β-unsaturated/α-hetero) is 1. The number of fused-ring (bicyclic) bond motifs is 2. The molecule has 2 bridgehead atoms. The Hall–Kier alpha value is -1.53. The van der Waals surface area contributed by atoms with Crippen molar-refractivity contribution >= 4 is 17.7 Å². The van der Waals surface area contributed by atoms with Crippen molar-refractivity contribution in [2.75, 3.05) is 6.61 Å². The Labute approximate surface area is 114 Å². The molecule has 0 aromatic heterocycles. The highest BCUT2D eigenvalue weighted by atomic mass is 19.3. The first kappa shape index (κ1) is 14.9. The van der Waals surface area contributed by atoms with E-state index in [1.54, 1.807) is 0 Å². The van der Waals surface area contributed by atoms with E-state index in [1.807, 2.05) is 0 Å². The molecule has 0 spiro atoms. The van der Waals surface area contributed by atoms with Crippen LogP contribution in [0.5, 0.6) is 0 Å². The highest BCUT2D eigenvalue weighted by Gasteiger charge is 2.43. The Bertz CT molecular complexity index is 429. The van der Waals surface area contributed by atoms with Crippen LogP contribution in [0.15, 0.2) is 0 Å². The molecule has 3 atom stereocenters. The van der Waals surface area contributed by atoms with E-state index in [9.17, 15) is 23.2 Å². The summed E-state index contributed by atoms with van der Waals surface area (Å²) in [6, 6.07) is 0. The van der Waals surface area contributed by atoms with Gasteiger partial charge < -0.3 is 9.47 Å². The zero-order valence-electron chi connectivity index (χ0n) is 11.1. The summed E-state index contributed by atoms with van der Waals surface area (Å²) in [5, 5.41) is 0. The topological polar surface area (TPSA) is 69.7 Å². The third kappa shape index (κ3) is 3.32. The predicted molar refractivity (Wildman–Crippen MR) is 61.9 cm³/mol. The van der Waals surface area contributed by atoms with Crippen LogP contribution in [0.4, 0.5) is 8.78 Å². The van der Waals surface area contributed by atoms with E-state index < -0.39 is 24.5 Å². The maximum absolute atomic E-state index is 12.5. The van der Waals surface area contributed by atoms with Gasteiger partial charge in [-0.15, -0.1) is 0 Å². The number of esters is 2. The highest BCUT2D eigenvalue weighted by molar-refractivity contribution is 5.84. The van der Waals surface area contributed by atoms with E-state index in [0.717, 1.165) is 0 Å². The molecule has 0 aliphatic heterocycles. The molecule has 20 heavy (non-hydrogen) atoms. The van der Waals surface area contributed by atoms with Gasteiger partial charge in [0.15, 0.2) is 6.61 Å². The maximum Gasteiger partial charge on any atom is 0.377 e. The molecular weight excluding hydrogens is 274 g/mol. The Morgan fingerprint density at radius 3 is 2.70 bits per heavy atom. The van der Waals surface area contributed by atoms with Gasteiger partial charge in [0.05, 0.1) is 0 Å². The molecule has 2 fully saturated rings. The molecule has 2 aliphatic rings. The van der Waals surface area contributed by atoms with E-state index in [-0.39, 0.29) is 23.7 Å². The van der Waals surface area contributed by atoms with Crippen molar-refractivity contribution in [3.8, 4) is 0 Å². The molecule has 7 heteroatoms. The summed E-state index contributed by atoms with van der Waals surface area (Å²) in [5.41, 5.74) is 0. The van der Waals surface area contributed by atoms with Gasteiger partial charge in [0, 0.05) is 25.2 Å². The molecule has 5 nitrogen and oxygen atoms in total. The molecule has 3 unspecified atom stereocenters. The molecule has 0 aromatic carbocycles. The monoisotopic (exact) mass is 290 g/mol. The van der Waals surface area contributed by atoms with E-state index in [4.69, 9.17) is 4.74 Å². The fourth-order valence-electron chi connectivity index (χ4n) is 2.78. The van der Waals surface area contributed by atoms with Crippen LogP contribution in [0.3, 0.4) is 0 Å². The van der Waals surface area contributed by atoms with Crippen LogP contribution in [0.2, 0.25) is 0 Å². The summed E-state index contributed by atoms with van der Waals surface area (Å²) in [5.74, 6) is -5.96. The number of ether oxygens (including phenoxy) is 2. The van der Waals surface area contributed by atoms with Crippen LogP contribution in [0.1, 0.15) is 32.6 Å². The van der Waals surface area contributed by atoms with E-state index in [1.165, 1.54) is 0 Å². The first-order valence-electron chi connectivity index (χ1n) is 6.54. The lowest BCUT2D eigenvalue weighted by molar-refractivity contribution is -0.178. The molecule has 0 saturated heterocycles. The second kappa shape index (κ2) is 5.46. The Balaban J connectivity index is 1.78. The average molecular weight is 290 g/mol. The van der Waals surface area contributed by atoms with Gasteiger partial charge >= 0.3 is 17.9 Å². The van der Waals surface area contributed by atoms with Crippen molar-refractivity contribution < 1.29 is 32.6 Å². The Morgan fingerprint density at radius 1 is 1.35 bits per heavy atom. The standard InChI is InChI=1S/C13H16F2O5/c1-13(14,15)12(18)19-6-11(17)20-10-3-2-7-4-8(10)5-9(7)16/h7-8,10H,2-6H2,1H3. The number of hydrogen-bond donors (Lipinski definition) is 0. The number of hydrogen-bond acceptors (Lipinski definition) is 5. The van der Waals surface area contributed by atoms with Gasteiger partial charge in [-0.05, 0) is 19.3 Å². The normalized spacial score (nSPS) is 29.1. The maximum atomic E-state index is 12.5. The summed E-state index contributed by atoms with van der Waals surface area (Å²) in [6.07, 6.45) is 2.00. The molecule has 0 N–H and O–H groups in total. The van der Waals surface area contributed by atoms with Crippen LogP contribution in [0, 0.1) is 11.8 Å². The predicted octanol–water partition coefficient (Wildman–Crippen LogP) is 1.49. The van der Waals surface area contributed by atoms with Gasteiger partial charge in [-0.3, -0.25) is 4.79 Å². The second-order valence-electron chi connectivity index (χ2n) is 5.43. The number of rotatable bonds is 4. The zero-order chi connectivity index (χ0) is 14.9. The van der Waals surface area contributed by atoms with Gasteiger partial charge in [-0.1, -0.05) is 0 Å². The van der Waals surface area contributed by atoms with Gasteiger partial charge in [0.1, 0.15) is 11.9 Å². The van der Waals surface area contributed by atoms with Gasteiger partial charge in [-0.2, -0.15) is 8.78 Å². The molecule has 2 saturated carbocycles.